The van der Waals surface area contributed by atoms with Crippen molar-refractivity contribution in [3.8, 4) is 0 Å². The van der Waals surface area contributed by atoms with E-state index in [9.17, 15) is 14.0 Å². The summed E-state index contributed by atoms with van der Waals surface area (Å²) in [7, 11) is 0. The molecule has 41 heavy (non-hydrogen) atoms. The average molecular weight is 559 g/mol. The number of nitrogens with one attached hydrogen (secondary N) is 1. The fourth-order valence-electron chi connectivity index (χ4n) is 4.99. The topological polar surface area (TPSA) is 78.3 Å². The van der Waals surface area contributed by atoms with Crippen molar-refractivity contribution in [1.82, 2.24) is 14.7 Å². The van der Waals surface area contributed by atoms with Crippen LogP contribution in [-0.4, -0.2) is 72.6 Å². The highest BCUT2D eigenvalue weighted by atomic mass is 19.1. The lowest BCUT2D eigenvalue weighted by atomic mass is 10.1. The van der Waals surface area contributed by atoms with Crippen molar-refractivity contribution in [1.29, 1.82) is 0 Å². The van der Waals surface area contributed by atoms with Gasteiger partial charge in [-0.2, -0.15) is 0 Å². The van der Waals surface area contributed by atoms with Crippen LogP contribution in [-0.2, 0) is 22.6 Å². The number of amides is 3. The summed E-state index contributed by atoms with van der Waals surface area (Å²) < 4.78 is 24.5. The lowest BCUT2D eigenvalue weighted by Crippen LogP contribution is -2.45. The summed E-state index contributed by atoms with van der Waals surface area (Å²) in [6.07, 6.45) is 2.28. The molecule has 0 spiro atoms. The normalized spacial score (nSPS) is 13.7. The van der Waals surface area contributed by atoms with Crippen LogP contribution in [0.4, 0.5) is 14.9 Å². The SMILES string of the molecule is O=C(CN(CCCN1CCOCC1)C(=O)Nc1cccc2ccccc12)N(Cc1ccc(F)cc1)Cc1ccco1. The number of rotatable bonds is 11. The second-order valence-electron chi connectivity index (χ2n) is 10.1. The zero-order valence-electron chi connectivity index (χ0n) is 23.0. The smallest absolute Gasteiger partial charge is 0.322 e. The van der Waals surface area contributed by atoms with Crippen molar-refractivity contribution < 1.29 is 23.1 Å². The maximum absolute atomic E-state index is 13.7. The van der Waals surface area contributed by atoms with Crippen LogP contribution in [0.25, 0.3) is 10.8 Å². The molecule has 214 valence electrons. The molecule has 3 amide bonds. The molecule has 0 saturated carbocycles. The summed E-state index contributed by atoms with van der Waals surface area (Å²) in [4.78, 5) is 32.9. The van der Waals surface area contributed by atoms with E-state index in [2.05, 4.69) is 10.2 Å². The van der Waals surface area contributed by atoms with Gasteiger partial charge in [0, 0.05) is 38.1 Å². The lowest BCUT2D eigenvalue weighted by molar-refractivity contribution is -0.133. The van der Waals surface area contributed by atoms with Gasteiger partial charge in [-0.05, 0) is 47.7 Å². The fraction of sp³-hybridized carbons (Fsp3) is 0.312. The summed E-state index contributed by atoms with van der Waals surface area (Å²) in [6.45, 7) is 4.71. The molecule has 0 atom stereocenters. The predicted octanol–water partition coefficient (Wildman–Crippen LogP) is 5.36. The first-order valence-electron chi connectivity index (χ1n) is 13.9. The minimum absolute atomic E-state index is 0.110. The molecule has 9 heteroatoms. The molecule has 0 aliphatic carbocycles. The molecule has 1 aliphatic heterocycles. The number of halogens is 1. The first-order chi connectivity index (χ1) is 20.0. The van der Waals surface area contributed by atoms with Crippen molar-refractivity contribution >= 4 is 28.4 Å². The van der Waals surface area contributed by atoms with Gasteiger partial charge < -0.3 is 24.3 Å². The van der Waals surface area contributed by atoms with E-state index >= 15 is 0 Å². The molecule has 0 radical (unpaired) electrons. The summed E-state index contributed by atoms with van der Waals surface area (Å²) in [5, 5.41) is 4.99. The van der Waals surface area contributed by atoms with E-state index in [1.165, 1.54) is 12.1 Å². The number of nitrogens with zero attached hydrogens (tertiary/aromatic N) is 3. The Kier molecular flexibility index (Phi) is 9.61. The third-order valence-corrected chi connectivity index (χ3v) is 7.22. The number of urea groups is 1. The summed E-state index contributed by atoms with van der Waals surface area (Å²) in [5.41, 5.74) is 1.47. The Hall–Kier alpha value is -4.21. The van der Waals surface area contributed by atoms with Gasteiger partial charge >= 0.3 is 6.03 Å². The van der Waals surface area contributed by atoms with Gasteiger partial charge in [0.1, 0.15) is 18.1 Å². The molecular formula is C32H35FN4O4. The van der Waals surface area contributed by atoms with Crippen molar-refractivity contribution in [3.05, 3.63) is 102 Å². The summed E-state index contributed by atoms with van der Waals surface area (Å²) in [6, 6.07) is 22.9. The van der Waals surface area contributed by atoms with Gasteiger partial charge in [-0.1, -0.05) is 48.5 Å². The van der Waals surface area contributed by atoms with Gasteiger partial charge in [0.15, 0.2) is 0 Å². The molecule has 0 unspecified atom stereocenters. The number of ether oxygens (including phenoxy) is 1. The monoisotopic (exact) mass is 558 g/mol. The Morgan fingerprint density at radius 1 is 0.878 bits per heavy atom. The molecule has 2 heterocycles. The number of fused-ring (bicyclic) bond motifs is 1. The minimum atomic E-state index is -0.339. The predicted molar refractivity (Wildman–Crippen MR) is 156 cm³/mol. The van der Waals surface area contributed by atoms with Crippen molar-refractivity contribution in [3.63, 3.8) is 0 Å². The van der Waals surface area contributed by atoms with E-state index in [4.69, 9.17) is 9.15 Å². The van der Waals surface area contributed by atoms with E-state index in [0.29, 0.717) is 37.6 Å². The highest BCUT2D eigenvalue weighted by Gasteiger charge is 2.23. The van der Waals surface area contributed by atoms with Crippen molar-refractivity contribution in [2.45, 2.75) is 19.5 Å². The molecule has 1 fully saturated rings. The zero-order chi connectivity index (χ0) is 28.4. The molecule has 3 aromatic carbocycles. The van der Waals surface area contributed by atoms with Crippen molar-refractivity contribution in [2.75, 3.05) is 51.3 Å². The Bertz CT molecular complexity index is 1420. The number of carbonyl (C=O) groups excluding carboxylic acids is 2. The van der Waals surface area contributed by atoms with Gasteiger partial charge in [0.25, 0.3) is 0 Å². The van der Waals surface area contributed by atoms with Crippen molar-refractivity contribution in [2.24, 2.45) is 0 Å². The lowest BCUT2D eigenvalue weighted by Gasteiger charge is -2.30. The average Bonchev–Trinajstić information content (AvgIpc) is 3.51. The molecule has 4 aromatic rings. The van der Waals surface area contributed by atoms with Gasteiger partial charge in [-0.25, -0.2) is 9.18 Å². The second-order valence-corrected chi connectivity index (χ2v) is 10.1. The van der Waals surface area contributed by atoms with E-state index in [1.54, 1.807) is 40.3 Å². The summed E-state index contributed by atoms with van der Waals surface area (Å²) >= 11 is 0. The molecule has 1 N–H and O–H groups in total. The Morgan fingerprint density at radius 2 is 1.66 bits per heavy atom. The standard InChI is InChI=1S/C32H35FN4O4/c33-27-13-11-25(12-14-27)22-37(23-28-8-4-19-41-28)31(38)24-36(16-5-15-35-17-20-40-21-18-35)32(39)34-30-10-3-7-26-6-1-2-9-29(26)30/h1-4,6-14,19H,5,15-18,20-24H2,(H,34,39). The van der Waals surface area contributed by atoms with Crippen LogP contribution in [0.1, 0.15) is 17.7 Å². The largest absolute Gasteiger partial charge is 0.467 e. The van der Waals surface area contributed by atoms with Crippen LogP contribution < -0.4 is 5.32 Å². The fourth-order valence-corrected chi connectivity index (χ4v) is 4.99. The molecule has 1 aliphatic rings. The molecule has 5 rings (SSSR count). The molecule has 8 nitrogen and oxygen atoms in total. The third-order valence-electron chi connectivity index (χ3n) is 7.22. The van der Waals surface area contributed by atoms with Crippen LogP contribution in [0.3, 0.4) is 0 Å². The molecular weight excluding hydrogens is 523 g/mol. The number of furan rings is 1. The minimum Gasteiger partial charge on any atom is -0.467 e. The molecule has 1 saturated heterocycles. The van der Waals surface area contributed by atoms with E-state index in [1.807, 2.05) is 42.5 Å². The number of carbonyl (C=O) groups is 2. The van der Waals surface area contributed by atoms with E-state index < -0.39 is 0 Å². The molecule has 0 bridgehead atoms. The maximum atomic E-state index is 13.7. The Labute approximate surface area is 239 Å². The zero-order valence-corrected chi connectivity index (χ0v) is 23.0. The van der Waals surface area contributed by atoms with E-state index in [-0.39, 0.29) is 37.4 Å². The first kappa shape index (κ1) is 28.3. The van der Waals surface area contributed by atoms with Crippen LogP contribution in [0, 0.1) is 5.82 Å². The van der Waals surface area contributed by atoms with Crippen LogP contribution in [0.15, 0.2) is 89.5 Å². The number of hydrogen-bond donors (Lipinski definition) is 1. The number of anilines is 1. The molecule has 1 aromatic heterocycles. The van der Waals surface area contributed by atoms with Gasteiger partial charge in [-0.15, -0.1) is 0 Å². The highest BCUT2D eigenvalue weighted by molar-refractivity contribution is 6.02. The number of benzene rings is 3. The second kappa shape index (κ2) is 13.9. The van der Waals surface area contributed by atoms with Crippen LogP contribution in [0.2, 0.25) is 0 Å². The quantitative estimate of drug-likeness (QED) is 0.268. The van der Waals surface area contributed by atoms with Gasteiger partial charge in [0.05, 0.1) is 31.7 Å². The first-order valence-corrected chi connectivity index (χ1v) is 13.9. The number of morpholine rings is 1. The van der Waals surface area contributed by atoms with Gasteiger partial charge in [-0.3, -0.25) is 9.69 Å². The van der Waals surface area contributed by atoms with Crippen LogP contribution in [0.5, 0.6) is 0 Å². The summed E-state index contributed by atoms with van der Waals surface area (Å²) in [5.74, 6) is 0.0546. The third kappa shape index (κ3) is 7.93. The maximum Gasteiger partial charge on any atom is 0.322 e. The highest BCUT2D eigenvalue weighted by Crippen LogP contribution is 2.23. The van der Waals surface area contributed by atoms with Crippen LogP contribution >= 0.6 is 0 Å². The van der Waals surface area contributed by atoms with Gasteiger partial charge in [0.2, 0.25) is 5.91 Å². The Balaban J connectivity index is 1.33. The number of hydrogen-bond acceptors (Lipinski definition) is 5. The van der Waals surface area contributed by atoms with E-state index in [0.717, 1.165) is 36.0 Å². The Morgan fingerprint density at radius 3 is 2.44 bits per heavy atom.